The maximum atomic E-state index is 12.6. The molecule has 5 heteroatoms. The number of rotatable bonds is 4. The molecule has 3 atom stereocenters. The summed E-state index contributed by atoms with van der Waals surface area (Å²) >= 11 is 0. The molecule has 21 heavy (non-hydrogen) atoms. The van der Waals surface area contributed by atoms with Crippen molar-refractivity contribution >= 4 is 16.1 Å². The Balaban J connectivity index is 1.80. The van der Waals surface area contributed by atoms with E-state index in [0.29, 0.717) is 18.4 Å². The normalized spacial score (nSPS) is 30.0. The van der Waals surface area contributed by atoms with Gasteiger partial charge in [0.1, 0.15) is 0 Å². The fraction of sp³-hybridized carbons (Fsp3) is 0.500. The van der Waals surface area contributed by atoms with Crippen molar-refractivity contribution in [1.82, 2.24) is 9.62 Å². The Labute approximate surface area is 126 Å². The molecule has 2 heterocycles. The van der Waals surface area contributed by atoms with Crippen molar-refractivity contribution in [2.75, 3.05) is 19.6 Å². The first kappa shape index (κ1) is 14.8. The molecular weight excluding hydrogens is 284 g/mol. The van der Waals surface area contributed by atoms with Gasteiger partial charge in [0.05, 0.1) is 0 Å². The molecule has 3 unspecified atom stereocenters. The first-order valence-corrected chi connectivity index (χ1v) is 9.08. The van der Waals surface area contributed by atoms with Crippen molar-refractivity contribution in [3.05, 3.63) is 41.3 Å². The molecule has 4 nitrogen and oxygen atoms in total. The molecule has 0 spiro atoms. The molecule has 2 aliphatic heterocycles. The van der Waals surface area contributed by atoms with E-state index < -0.39 is 10.0 Å². The number of nitrogens with one attached hydrogen (secondary N) is 1. The Morgan fingerprint density at radius 2 is 2.05 bits per heavy atom. The van der Waals surface area contributed by atoms with E-state index in [-0.39, 0.29) is 6.04 Å². The molecule has 0 amide bonds. The largest absolute Gasteiger partial charge is 0.316 e. The molecule has 0 aromatic heterocycles. The molecule has 0 bridgehead atoms. The van der Waals surface area contributed by atoms with Gasteiger partial charge < -0.3 is 5.32 Å². The van der Waals surface area contributed by atoms with Gasteiger partial charge in [-0.2, -0.15) is 4.31 Å². The molecule has 2 saturated heterocycles. The van der Waals surface area contributed by atoms with Crippen molar-refractivity contribution in [3.8, 4) is 0 Å². The second-order valence-corrected chi connectivity index (χ2v) is 7.66. The number of sulfonamides is 1. The molecule has 1 N–H and O–H groups in total. The Kier molecular flexibility index (Phi) is 4.15. The molecule has 0 saturated carbocycles. The minimum Gasteiger partial charge on any atom is -0.316 e. The maximum Gasteiger partial charge on any atom is 0.236 e. The zero-order valence-corrected chi connectivity index (χ0v) is 13.1. The van der Waals surface area contributed by atoms with Gasteiger partial charge in [-0.1, -0.05) is 37.3 Å². The van der Waals surface area contributed by atoms with E-state index in [1.165, 1.54) is 5.41 Å². The SMILES string of the molecule is CCC1C2CNCC2CN1S(=O)(=O)C=Cc1ccccc1. The summed E-state index contributed by atoms with van der Waals surface area (Å²) in [6.07, 6.45) is 2.57. The lowest BCUT2D eigenvalue weighted by atomic mass is 9.93. The Bertz CT molecular complexity index is 612. The second kappa shape index (κ2) is 5.91. The molecule has 2 aliphatic rings. The highest BCUT2D eigenvalue weighted by Gasteiger charge is 2.47. The fourth-order valence-corrected chi connectivity index (χ4v) is 5.16. The zero-order chi connectivity index (χ0) is 14.9. The topological polar surface area (TPSA) is 49.4 Å². The van der Waals surface area contributed by atoms with Gasteiger partial charge in [0.2, 0.25) is 10.0 Å². The van der Waals surface area contributed by atoms with Crippen LogP contribution >= 0.6 is 0 Å². The van der Waals surface area contributed by atoms with Crippen LogP contribution in [0.1, 0.15) is 18.9 Å². The number of hydrogen-bond donors (Lipinski definition) is 1. The standard InChI is InChI=1S/C16H22N2O2S/c1-2-16-15-11-17-10-14(15)12-18(16)21(19,20)9-8-13-6-4-3-5-7-13/h3-9,14-17H,2,10-12H2,1H3. The number of benzene rings is 1. The summed E-state index contributed by atoms with van der Waals surface area (Å²) in [5.74, 6) is 0.935. The van der Waals surface area contributed by atoms with Crippen molar-refractivity contribution in [2.45, 2.75) is 19.4 Å². The molecule has 3 rings (SSSR count). The molecule has 114 valence electrons. The van der Waals surface area contributed by atoms with E-state index in [1.54, 1.807) is 10.4 Å². The minimum atomic E-state index is -3.34. The van der Waals surface area contributed by atoms with Crippen LogP contribution in [0.25, 0.3) is 6.08 Å². The molecule has 1 aromatic rings. The quantitative estimate of drug-likeness (QED) is 0.924. The summed E-state index contributed by atoms with van der Waals surface area (Å²) in [4.78, 5) is 0. The molecule has 2 fully saturated rings. The second-order valence-electron chi connectivity index (χ2n) is 5.89. The first-order valence-electron chi connectivity index (χ1n) is 7.57. The molecule has 0 aliphatic carbocycles. The van der Waals surface area contributed by atoms with Crippen molar-refractivity contribution in [3.63, 3.8) is 0 Å². The summed E-state index contributed by atoms with van der Waals surface area (Å²) < 4.78 is 27.0. The van der Waals surface area contributed by atoms with Crippen LogP contribution in [0.4, 0.5) is 0 Å². The third kappa shape index (κ3) is 2.91. The summed E-state index contributed by atoms with van der Waals surface area (Å²) in [6, 6.07) is 9.70. The third-order valence-electron chi connectivity index (χ3n) is 4.65. The third-order valence-corrected chi connectivity index (χ3v) is 6.20. The lowest BCUT2D eigenvalue weighted by molar-refractivity contribution is 0.332. The van der Waals surface area contributed by atoms with Gasteiger partial charge >= 0.3 is 0 Å². The average molecular weight is 306 g/mol. The van der Waals surface area contributed by atoms with Crippen LogP contribution < -0.4 is 5.32 Å². The predicted octanol–water partition coefficient (Wildman–Crippen LogP) is 1.92. The van der Waals surface area contributed by atoms with Gasteiger partial charge in [-0.05, 0) is 43.0 Å². The Morgan fingerprint density at radius 1 is 1.29 bits per heavy atom. The van der Waals surface area contributed by atoms with Crippen LogP contribution in [-0.4, -0.2) is 38.4 Å². The lowest BCUT2D eigenvalue weighted by Gasteiger charge is -2.24. The maximum absolute atomic E-state index is 12.6. The molecular formula is C16H22N2O2S. The molecule has 0 radical (unpaired) electrons. The van der Waals surface area contributed by atoms with Gasteiger partial charge in [0, 0.05) is 18.0 Å². The van der Waals surface area contributed by atoms with Crippen LogP contribution in [0.2, 0.25) is 0 Å². The highest BCUT2D eigenvalue weighted by atomic mass is 32.2. The van der Waals surface area contributed by atoms with Gasteiger partial charge in [-0.3, -0.25) is 0 Å². The van der Waals surface area contributed by atoms with Crippen LogP contribution in [0.15, 0.2) is 35.7 Å². The van der Waals surface area contributed by atoms with Gasteiger partial charge in [0.15, 0.2) is 0 Å². The number of hydrogen-bond acceptors (Lipinski definition) is 3. The van der Waals surface area contributed by atoms with Gasteiger partial charge in [0.25, 0.3) is 0 Å². The fourth-order valence-electron chi connectivity index (χ4n) is 3.59. The highest BCUT2D eigenvalue weighted by molar-refractivity contribution is 7.92. The van der Waals surface area contributed by atoms with E-state index in [9.17, 15) is 8.42 Å². The number of fused-ring (bicyclic) bond motifs is 1. The Hall–Kier alpha value is -1.17. The van der Waals surface area contributed by atoms with Crippen LogP contribution in [-0.2, 0) is 10.0 Å². The average Bonchev–Trinajstić information content (AvgIpc) is 3.07. The molecule has 1 aromatic carbocycles. The van der Waals surface area contributed by atoms with Gasteiger partial charge in [-0.15, -0.1) is 0 Å². The van der Waals surface area contributed by atoms with E-state index in [1.807, 2.05) is 30.3 Å². The summed E-state index contributed by atoms with van der Waals surface area (Å²) in [7, 11) is -3.34. The Morgan fingerprint density at radius 3 is 2.76 bits per heavy atom. The van der Waals surface area contributed by atoms with Crippen LogP contribution in [0.5, 0.6) is 0 Å². The van der Waals surface area contributed by atoms with Crippen LogP contribution in [0.3, 0.4) is 0 Å². The predicted molar refractivity (Wildman–Crippen MR) is 85.0 cm³/mol. The number of nitrogens with zero attached hydrogens (tertiary/aromatic N) is 1. The van der Waals surface area contributed by atoms with E-state index in [2.05, 4.69) is 12.2 Å². The summed E-state index contributed by atoms with van der Waals surface area (Å²) in [6.45, 7) is 4.61. The monoisotopic (exact) mass is 306 g/mol. The first-order chi connectivity index (χ1) is 10.1. The summed E-state index contributed by atoms with van der Waals surface area (Å²) in [5, 5.41) is 4.74. The lowest BCUT2D eigenvalue weighted by Crippen LogP contribution is -2.38. The van der Waals surface area contributed by atoms with E-state index in [0.717, 1.165) is 25.1 Å². The van der Waals surface area contributed by atoms with Gasteiger partial charge in [-0.25, -0.2) is 8.42 Å². The minimum absolute atomic E-state index is 0.135. The smallest absolute Gasteiger partial charge is 0.236 e. The van der Waals surface area contributed by atoms with Crippen LogP contribution in [0, 0.1) is 11.8 Å². The van der Waals surface area contributed by atoms with Crippen molar-refractivity contribution in [1.29, 1.82) is 0 Å². The summed E-state index contributed by atoms with van der Waals surface area (Å²) in [5.41, 5.74) is 0.912. The van der Waals surface area contributed by atoms with Crippen molar-refractivity contribution < 1.29 is 8.42 Å². The van der Waals surface area contributed by atoms with E-state index in [4.69, 9.17) is 0 Å². The zero-order valence-electron chi connectivity index (χ0n) is 12.3. The van der Waals surface area contributed by atoms with E-state index >= 15 is 0 Å². The highest BCUT2D eigenvalue weighted by Crippen LogP contribution is 2.36. The van der Waals surface area contributed by atoms with Crippen molar-refractivity contribution in [2.24, 2.45) is 11.8 Å².